The summed E-state index contributed by atoms with van der Waals surface area (Å²) in [4.78, 5) is 12.2. The van der Waals surface area contributed by atoms with Crippen molar-refractivity contribution in [3.8, 4) is 11.5 Å². The number of aryl methyl sites for hydroxylation is 1. The number of phenols is 1. The van der Waals surface area contributed by atoms with E-state index in [4.69, 9.17) is 13.9 Å². The minimum Gasteiger partial charge on any atom is -0.508 e. The maximum Gasteiger partial charge on any atom is 0.229 e. The van der Waals surface area contributed by atoms with E-state index in [1.54, 1.807) is 6.92 Å². The van der Waals surface area contributed by atoms with Gasteiger partial charge in [-0.2, -0.15) is 0 Å². The lowest BCUT2D eigenvalue weighted by molar-refractivity contribution is -0.267. The minimum absolute atomic E-state index is 0.0569. The summed E-state index contributed by atoms with van der Waals surface area (Å²) < 4.78 is 16.3. The highest BCUT2D eigenvalue weighted by Crippen LogP contribution is 2.32. The molecular weight excluding hydrogens is 320 g/mol. The molecule has 0 aliphatic carbocycles. The third-order valence-electron chi connectivity index (χ3n) is 3.95. The molecule has 5 unspecified atom stereocenters. The predicted molar refractivity (Wildman–Crippen MR) is 81.9 cm³/mol. The van der Waals surface area contributed by atoms with E-state index in [0.29, 0.717) is 5.76 Å². The SMILES string of the molecule is Cc1cc(=O)c2c(OC3OC(C)C(O)C(O)C3O)cc(O)cc2o1. The molecule has 2 aromatic rings. The molecule has 0 saturated carbocycles. The van der Waals surface area contributed by atoms with Crippen LogP contribution in [-0.2, 0) is 4.74 Å². The molecule has 130 valence electrons. The van der Waals surface area contributed by atoms with Crippen LogP contribution in [-0.4, -0.2) is 51.1 Å². The summed E-state index contributed by atoms with van der Waals surface area (Å²) in [5.41, 5.74) is -0.267. The average Bonchev–Trinajstić information content (AvgIpc) is 2.49. The molecule has 4 N–H and O–H groups in total. The monoisotopic (exact) mass is 338 g/mol. The van der Waals surface area contributed by atoms with Crippen LogP contribution in [0.15, 0.2) is 27.4 Å². The fourth-order valence-corrected chi connectivity index (χ4v) is 2.69. The molecule has 24 heavy (non-hydrogen) atoms. The lowest BCUT2D eigenvalue weighted by Crippen LogP contribution is -2.58. The van der Waals surface area contributed by atoms with Crippen LogP contribution in [0, 0.1) is 6.92 Å². The van der Waals surface area contributed by atoms with Gasteiger partial charge < -0.3 is 34.3 Å². The summed E-state index contributed by atoms with van der Waals surface area (Å²) in [6, 6.07) is 3.73. The first kappa shape index (κ1) is 16.7. The number of aromatic hydroxyl groups is 1. The van der Waals surface area contributed by atoms with Gasteiger partial charge in [0.05, 0.1) is 6.10 Å². The van der Waals surface area contributed by atoms with Crippen molar-refractivity contribution in [2.24, 2.45) is 0 Å². The molecule has 1 aromatic heterocycles. The maximum atomic E-state index is 12.2. The van der Waals surface area contributed by atoms with Gasteiger partial charge in [0.15, 0.2) is 5.43 Å². The fourth-order valence-electron chi connectivity index (χ4n) is 2.69. The molecule has 0 radical (unpaired) electrons. The molecular formula is C16H18O8. The van der Waals surface area contributed by atoms with Gasteiger partial charge in [0.1, 0.15) is 46.5 Å². The molecule has 2 heterocycles. The third-order valence-corrected chi connectivity index (χ3v) is 3.95. The molecule has 0 bridgehead atoms. The van der Waals surface area contributed by atoms with Crippen molar-refractivity contribution in [2.75, 3.05) is 0 Å². The number of rotatable bonds is 2. The molecule has 1 fully saturated rings. The van der Waals surface area contributed by atoms with Gasteiger partial charge in [-0.3, -0.25) is 4.79 Å². The zero-order valence-corrected chi connectivity index (χ0v) is 13.0. The van der Waals surface area contributed by atoms with Gasteiger partial charge in [0.25, 0.3) is 0 Å². The summed E-state index contributed by atoms with van der Waals surface area (Å²) in [5.74, 6) is 0.105. The average molecular weight is 338 g/mol. The topological polar surface area (TPSA) is 130 Å². The second-order valence-electron chi connectivity index (χ2n) is 5.84. The fraction of sp³-hybridized carbons (Fsp3) is 0.438. The Morgan fingerprint density at radius 2 is 1.79 bits per heavy atom. The van der Waals surface area contributed by atoms with Crippen molar-refractivity contribution >= 4 is 11.0 Å². The second-order valence-corrected chi connectivity index (χ2v) is 5.84. The van der Waals surface area contributed by atoms with E-state index in [-0.39, 0.29) is 27.9 Å². The molecule has 1 saturated heterocycles. The first-order valence-corrected chi connectivity index (χ1v) is 7.41. The van der Waals surface area contributed by atoms with Gasteiger partial charge >= 0.3 is 0 Å². The quantitative estimate of drug-likeness (QED) is 0.603. The normalized spacial score (nSPS) is 30.5. The van der Waals surface area contributed by atoms with Gasteiger partial charge in [0, 0.05) is 18.2 Å². The van der Waals surface area contributed by atoms with Crippen molar-refractivity contribution in [2.45, 2.75) is 44.6 Å². The van der Waals surface area contributed by atoms with Gasteiger partial charge in [-0.1, -0.05) is 0 Å². The van der Waals surface area contributed by atoms with Gasteiger partial charge in [-0.25, -0.2) is 0 Å². The summed E-state index contributed by atoms with van der Waals surface area (Å²) in [7, 11) is 0. The van der Waals surface area contributed by atoms with Gasteiger partial charge in [-0.15, -0.1) is 0 Å². The molecule has 1 aromatic carbocycles. The first-order chi connectivity index (χ1) is 11.3. The van der Waals surface area contributed by atoms with Crippen molar-refractivity contribution < 1.29 is 34.3 Å². The third kappa shape index (κ3) is 2.84. The maximum absolute atomic E-state index is 12.2. The van der Waals surface area contributed by atoms with E-state index in [0.717, 1.165) is 0 Å². The molecule has 5 atom stereocenters. The highest BCUT2D eigenvalue weighted by Gasteiger charge is 2.43. The Hall–Kier alpha value is -2.13. The second kappa shape index (κ2) is 6.06. The van der Waals surface area contributed by atoms with Crippen molar-refractivity contribution in [1.29, 1.82) is 0 Å². The molecule has 1 aliphatic rings. The smallest absolute Gasteiger partial charge is 0.229 e. The number of hydrogen-bond acceptors (Lipinski definition) is 8. The first-order valence-electron chi connectivity index (χ1n) is 7.41. The highest BCUT2D eigenvalue weighted by molar-refractivity contribution is 5.85. The van der Waals surface area contributed by atoms with E-state index in [9.17, 15) is 25.2 Å². The number of phenolic OH excluding ortho intramolecular Hbond substituents is 1. The number of aliphatic hydroxyl groups is 3. The summed E-state index contributed by atoms with van der Waals surface area (Å²) in [6.07, 6.45) is -6.40. The lowest BCUT2D eigenvalue weighted by atomic mass is 10.00. The Morgan fingerprint density at radius 3 is 2.50 bits per heavy atom. The minimum atomic E-state index is -1.54. The van der Waals surface area contributed by atoms with Crippen molar-refractivity contribution in [3.05, 3.63) is 34.2 Å². The lowest BCUT2D eigenvalue weighted by Gasteiger charge is -2.38. The Balaban J connectivity index is 2.03. The Kier molecular flexibility index (Phi) is 4.22. The molecule has 0 amide bonds. The van der Waals surface area contributed by atoms with Crippen LogP contribution >= 0.6 is 0 Å². The zero-order chi connectivity index (χ0) is 17.6. The van der Waals surface area contributed by atoms with E-state index < -0.39 is 30.7 Å². The number of fused-ring (bicyclic) bond motifs is 1. The molecule has 8 nitrogen and oxygen atoms in total. The predicted octanol–water partition coefficient (Wildman–Crippen LogP) is 0.0133. The van der Waals surface area contributed by atoms with Crippen molar-refractivity contribution in [1.82, 2.24) is 0 Å². The number of hydrogen-bond donors (Lipinski definition) is 4. The number of benzene rings is 1. The zero-order valence-electron chi connectivity index (χ0n) is 13.0. The number of aliphatic hydroxyl groups excluding tert-OH is 3. The van der Waals surface area contributed by atoms with E-state index in [2.05, 4.69) is 0 Å². The van der Waals surface area contributed by atoms with E-state index in [1.807, 2.05) is 0 Å². The summed E-state index contributed by atoms with van der Waals surface area (Å²) in [5, 5.41) is 39.4. The molecule has 3 rings (SSSR count). The number of ether oxygens (including phenoxy) is 2. The van der Waals surface area contributed by atoms with Crippen LogP contribution in [0.3, 0.4) is 0 Å². The van der Waals surface area contributed by atoms with E-state index in [1.165, 1.54) is 25.1 Å². The van der Waals surface area contributed by atoms with Crippen LogP contribution < -0.4 is 10.2 Å². The largest absolute Gasteiger partial charge is 0.508 e. The standard InChI is InChI=1S/C16H18O8/c1-6-3-9(18)12-10(22-6)4-8(17)5-11(12)24-16-15(21)14(20)13(19)7(2)23-16/h3-5,7,13-17,19-21H,1-2H3. The van der Waals surface area contributed by atoms with Gasteiger partial charge in [-0.05, 0) is 13.8 Å². The highest BCUT2D eigenvalue weighted by atomic mass is 16.7. The van der Waals surface area contributed by atoms with Crippen LogP contribution in [0.4, 0.5) is 0 Å². The van der Waals surface area contributed by atoms with Crippen LogP contribution in [0.2, 0.25) is 0 Å². The van der Waals surface area contributed by atoms with Crippen molar-refractivity contribution in [3.63, 3.8) is 0 Å². The van der Waals surface area contributed by atoms with Gasteiger partial charge in [0.2, 0.25) is 6.29 Å². The Bertz CT molecular complexity index is 808. The van der Waals surface area contributed by atoms with Crippen LogP contribution in [0.5, 0.6) is 11.5 Å². The van der Waals surface area contributed by atoms with E-state index >= 15 is 0 Å². The Labute approximate surface area is 136 Å². The summed E-state index contributed by atoms with van der Waals surface area (Å²) >= 11 is 0. The molecule has 8 heteroatoms. The Morgan fingerprint density at radius 1 is 1.08 bits per heavy atom. The summed E-state index contributed by atoms with van der Waals surface area (Å²) in [6.45, 7) is 3.10. The molecule has 1 aliphatic heterocycles. The van der Waals surface area contributed by atoms with Crippen LogP contribution in [0.25, 0.3) is 11.0 Å². The molecule has 0 spiro atoms. The van der Waals surface area contributed by atoms with Crippen LogP contribution in [0.1, 0.15) is 12.7 Å².